The van der Waals surface area contributed by atoms with Crippen molar-refractivity contribution >= 4 is 22.8 Å². The van der Waals surface area contributed by atoms with E-state index in [0.29, 0.717) is 12.0 Å². The van der Waals surface area contributed by atoms with Gasteiger partial charge in [-0.3, -0.25) is 9.59 Å². The number of para-hydroxylation sites is 2. The number of nitrogens with one attached hydrogen (secondary N) is 1. The van der Waals surface area contributed by atoms with E-state index < -0.39 is 11.9 Å². The number of carbonyl (C=O) groups excluding carboxylic acids is 2. The molecule has 128 valence electrons. The van der Waals surface area contributed by atoms with Crippen molar-refractivity contribution in [3.63, 3.8) is 0 Å². The van der Waals surface area contributed by atoms with E-state index in [-0.39, 0.29) is 12.5 Å². The number of nitrogens with two attached hydrogens (primary N) is 1. The summed E-state index contributed by atoms with van der Waals surface area (Å²) in [5.41, 5.74) is 7.87. The first-order valence-electron chi connectivity index (χ1n) is 8.18. The molecule has 0 fully saturated rings. The monoisotopic (exact) mass is 336 g/mol. The van der Waals surface area contributed by atoms with E-state index in [2.05, 4.69) is 10.3 Å². The fourth-order valence-corrected chi connectivity index (χ4v) is 2.89. The maximum Gasteiger partial charge on any atom is 0.244 e. The molecule has 0 aliphatic rings. The molecule has 0 radical (unpaired) electrons. The number of hydrogen-bond donors (Lipinski definition) is 2. The molecule has 1 aromatic heterocycles. The highest BCUT2D eigenvalue weighted by Crippen LogP contribution is 2.17. The number of benzene rings is 2. The fraction of sp³-hybridized carbons (Fsp3) is 0.211. The Kier molecular flexibility index (Phi) is 4.79. The van der Waals surface area contributed by atoms with Gasteiger partial charge in [0.05, 0.1) is 11.0 Å². The van der Waals surface area contributed by atoms with E-state index in [0.717, 1.165) is 16.9 Å². The van der Waals surface area contributed by atoms with Crippen molar-refractivity contribution in [1.29, 1.82) is 0 Å². The molecule has 0 saturated carbocycles. The summed E-state index contributed by atoms with van der Waals surface area (Å²) in [4.78, 5) is 28.9. The summed E-state index contributed by atoms with van der Waals surface area (Å²) in [5.74, 6) is -0.0528. The van der Waals surface area contributed by atoms with Crippen molar-refractivity contribution in [2.75, 3.05) is 0 Å². The molecule has 0 aliphatic heterocycles. The molecule has 1 atom stereocenters. The van der Waals surface area contributed by atoms with Crippen molar-refractivity contribution < 1.29 is 9.59 Å². The molecule has 6 heteroatoms. The van der Waals surface area contributed by atoms with Gasteiger partial charge in [0.25, 0.3) is 0 Å². The molecule has 2 aromatic carbocycles. The molecule has 0 spiro atoms. The van der Waals surface area contributed by atoms with Crippen LogP contribution in [0.2, 0.25) is 0 Å². The maximum absolute atomic E-state index is 12.5. The predicted molar refractivity (Wildman–Crippen MR) is 95.6 cm³/mol. The molecule has 0 bridgehead atoms. The third-order valence-corrected chi connectivity index (χ3v) is 4.07. The van der Waals surface area contributed by atoms with E-state index in [1.165, 1.54) is 0 Å². The summed E-state index contributed by atoms with van der Waals surface area (Å²) in [5, 5.41) is 2.72. The number of primary amides is 1. The van der Waals surface area contributed by atoms with Crippen molar-refractivity contribution in [1.82, 2.24) is 14.9 Å². The summed E-state index contributed by atoms with van der Waals surface area (Å²) in [6, 6.07) is 15.8. The van der Waals surface area contributed by atoms with E-state index in [1.54, 1.807) is 24.3 Å². The lowest BCUT2D eigenvalue weighted by Gasteiger charge is -2.17. The van der Waals surface area contributed by atoms with Gasteiger partial charge in [-0.1, -0.05) is 49.4 Å². The second kappa shape index (κ2) is 7.17. The first-order chi connectivity index (χ1) is 12.1. The van der Waals surface area contributed by atoms with Crippen molar-refractivity contribution in [3.8, 4) is 0 Å². The van der Waals surface area contributed by atoms with Gasteiger partial charge >= 0.3 is 0 Å². The van der Waals surface area contributed by atoms with Gasteiger partial charge in [-0.05, 0) is 17.7 Å². The molecule has 1 heterocycles. The number of carbonyl (C=O) groups is 2. The third-order valence-electron chi connectivity index (χ3n) is 4.07. The molecular formula is C19H20N4O2. The van der Waals surface area contributed by atoms with Gasteiger partial charge in [0.2, 0.25) is 11.8 Å². The Labute approximate surface area is 145 Å². The third kappa shape index (κ3) is 3.52. The lowest BCUT2D eigenvalue weighted by molar-refractivity contribution is -0.127. The zero-order valence-electron chi connectivity index (χ0n) is 14.0. The van der Waals surface area contributed by atoms with Crippen LogP contribution in [-0.2, 0) is 22.6 Å². The number of aryl methyl sites for hydroxylation is 1. The van der Waals surface area contributed by atoms with Gasteiger partial charge in [0.1, 0.15) is 18.4 Å². The first kappa shape index (κ1) is 16.7. The number of amides is 2. The van der Waals surface area contributed by atoms with Crippen LogP contribution in [0, 0.1) is 0 Å². The Morgan fingerprint density at radius 2 is 1.80 bits per heavy atom. The summed E-state index contributed by atoms with van der Waals surface area (Å²) in [6.07, 6.45) is 0.708. The zero-order chi connectivity index (χ0) is 17.8. The Morgan fingerprint density at radius 3 is 2.48 bits per heavy atom. The molecule has 3 N–H and O–H groups in total. The highest BCUT2D eigenvalue weighted by molar-refractivity contribution is 5.88. The average molecular weight is 336 g/mol. The van der Waals surface area contributed by atoms with Gasteiger partial charge in [0, 0.05) is 6.42 Å². The molecular weight excluding hydrogens is 316 g/mol. The molecule has 0 saturated heterocycles. The molecule has 2 amide bonds. The van der Waals surface area contributed by atoms with Crippen LogP contribution < -0.4 is 11.1 Å². The minimum absolute atomic E-state index is 0.0836. The Morgan fingerprint density at radius 1 is 1.12 bits per heavy atom. The van der Waals surface area contributed by atoms with Crippen LogP contribution in [0.25, 0.3) is 11.0 Å². The van der Waals surface area contributed by atoms with Crippen LogP contribution in [0.3, 0.4) is 0 Å². The molecule has 3 aromatic rings. The highest BCUT2D eigenvalue weighted by Gasteiger charge is 2.21. The Balaban J connectivity index is 1.84. The van der Waals surface area contributed by atoms with Gasteiger partial charge in [-0.25, -0.2) is 4.98 Å². The van der Waals surface area contributed by atoms with Gasteiger partial charge in [0.15, 0.2) is 0 Å². The van der Waals surface area contributed by atoms with Crippen molar-refractivity contribution in [2.24, 2.45) is 5.73 Å². The number of fused-ring (bicyclic) bond motifs is 1. The Hall–Kier alpha value is -3.15. The summed E-state index contributed by atoms with van der Waals surface area (Å²) in [7, 11) is 0. The summed E-state index contributed by atoms with van der Waals surface area (Å²) >= 11 is 0. The minimum atomic E-state index is -0.853. The average Bonchev–Trinajstić information content (AvgIpc) is 2.98. The number of aromatic nitrogens is 2. The SMILES string of the molecule is CCc1nc2ccccc2n1CC(=O)N[C@H](C(N)=O)c1ccccc1. The molecule has 3 rings (SSSR count). The van der Waals surface area contributed by atoms with Crippen LogP contribution in [0.15, 0.2) is 54.6 Å². The maximum atomic E-state index is 12.5. The quantitative estimate of drug-likeness (QED) is 0.721. The number of hydrogen-bond acceptors (Lipinski definition) is 3. The van der Waals surface area contributed by atoms with Crippen molar-refractivity contribution in [3.05, 3.63) is 66.0 Å². The van der Waals surface area contributed by atoms with Crippen LogP contribution in [0.4, 0.5) is 0 Å². The second-order valence-electron chi connectivity index (χ2n) is 5.77. The molecule has 0 aliphatic carbocycles. The lowest BCUT2D eigenvalue weighted by Crippen LogP contribution is -2.39. The van der Waals surface area contributed by atoms with Gasteiger partial charge in [-0.15, -0.1) is 0 Å². The van der Waals surface area contributed by atoms with Crippen molar-refractivity contribution in [2.45, 2.75) is 25.9 Å². The molecule has 6 nitrogen and oxygen atoms in total. The smallest absolute Gasteiger partial charge is 0.244 e. The second-order valence-corrected chi connectivity index (χ2v) is 5.77. The van der Waals surface area contributed by atoms with E-state index in [9.17, 15) is 9.59 Å². The van der Waals surface area contributed by atoms with E-state index in [1.807, 2.05) is 41.8 Å². The first-order valence-corrected chi connectivity index (χ1v) is 8.18. The normalized spacial score (nSPS) is 12.0. The standard InChI is InChI=1S/C19H20N4O2/c1-2-16-21-14-10-6-7-11-15(14)23(16)12-17(24)22-18(19(20)25)13-8-4-3-5-9-13/h3-11,18H,2,12H2,1H3,(H2,20,25)(H,22,24)/t18-/m0/s1. The van der Waals surface area contributed by atoms with Gasteiger partial charge < -0.3 is 15.6 Å². The van der Waals surface area contributed by atoms with Crippen LogP contribution in [0.5, 0.6) is 0 Å². The Bertz CT molecular complexity index is 902. The van der Waals surface area contributed by atoms with Gasteiger partial charge in [-0.2, -0.15) is 0 Å². The fourth-order valence-electron chi connectivity index (χ4n) is 2.89. The zero-order valence-corrected chi connectivity index (χ0v) is 14.0. The summed E-state index contributed by atoms with van der Waals surface area (Å²) < 4.78 is 1.87. The number of nitrogens with zero attached hydrogens (tertiary/aromatic N) is 2. The highest BCUT2D eigenvalue weighted by atomic mass is 16.2. The van der Waals surface area contributed by atoms with E-state index >= 15 is 0 Å². The number of rotatable bonds is 6. The summed E-state index contributed by atoms with van der Waals surface area (Å²) in [6.45, 7) is 2.08. The molecule has 25 heavy (non-hydrogen) atoms. The largest absolute Gasteiger partial charge is 0.368 e. The topological polar surface area (TPSA) is 90.0 Å². The van der Waals surface area contributed by atoms with Crippen LogP contribution in [0.1, 0.15) is 24.4 Å². The van der Waals surface area contributed by atoms with Crippen LogP contribution >= 0.6 is 0 Å². The van der Waals surface area contributed by atoms with E-state index in [4.69, 9.17) is 5.73 Å². The lowest BCUT2D eigenvalue weighted by atomic mass is 10.1. The van der Waals surface area contributed by atoms with Crippen LogP contribution in [-0.4, -0.2) is 21.4 Å². The predicted octanol–water partition coefficient (Wildman–Crippen LogP) is 1.94. The molecule has 0 unspecified atom stereocenters. The minimum Gasteiger partial charge on any atom is -0.368 e. The number of imidazole rings is 1.